The van der Waals surface area contributed by atoms with Crippen LogP contribution in [0.4, 0.5) is 5.82 Å². The Morgan fingerprint density at radius 3 is 2.81 bits per heavy atom. The van der Waals surface area contributed by atoms with Crippen LogP contribution in [0.25, 0.3) is 0 Å². The summed E-state index contributed by atoms with van der Waals surface area (Å²) in [6.07, 6.45) is 2.38. The number of hydrogen-bond acceptors (Lipinski definition) is 4. The monoisotopic (exact) mass is 223 g/mol. The maximum Gasteiger partial charge on any atom is 0.156 e. The normalized spacial score (nSPS) is 12.7. The van der Waals surface area contributed by atoms with Gasteiger partial charge in [0.05, 0.1) is 0 Å². The molecule has 0 aliphatic rings. The molecule has 0 aromatic carbocycles. The lowest BCUT2D eigenvalue weighted by Gasteiger charge is -2.10. The Kier molecular flexibility index (Phi) is 5.19. The summed E-state index contributed by atoms with van der Waals surface area (Å²) in [5.41, 5.74) is 6.51. The molecule has 0 aliphatic carbocycles. The minimum absolute atomic E-state index is 0.444. The van der Waals surface area contributed by atoms with Crippen molar-refractivity contribution >= 4 is 5.82 Å². The summed E-state index contributed by atoms with van der Waals surface area (Å²) in [5, 5.41) is 0. The molecule has 0 fully saturated rings. The minimum atomic E-state index is 0.444. The third-order valence-corrected chi connectivity index (χ3v) is 2.34. The van der Waals surface area contributed by atoms with Crippen molar-refractivity contribution in [2.24, 2.45) is 5.92 Å². The first-order valence-corrected chi connectivity index (χ1v) is 5.79. The van der Waals surface area contributed by atoms with E-state index in [1.807, 2.05) is 6.92 Å². The second-order valence-electron chi connectivity index (χ2n) is 4.26. The van der Waals surface area contributed by atoms with Crippen LogP contribution in [0.1, 0.15) is 38.2 Å². The zero-order valence-electron chi connectivity index (χ0n) is 10.4. The SMILES string of the molecule is CCCC(C)COCc1nc(C)cc(N)n1. The van der Waals surface area contributed by atoms with Crippen LogP contribution in [-0.4, -0.2) is 16.6 Å². The van der Waals surface area contributed by atoms with Crippen LogP contribution >= 0.6 is 0 Å². The average Bonchev–Trinajstić information content (AvgIpc) is 2.16. The molecule has 1 unspecified atom stereocenters. The Balaban J connectivity index is 2.37. The van der Waals surface area contributed by atoms with Gasteiger partial charge in [0, 0.05) is 18.4 Å². The third-order valence-electron chi connectivity index (χ3n) is 2.34. The molecule has 16 heavy (non-hydrogen) atoms. The van der Waals surface area contributed by atoms with E-state index in [2.05, 4.69) is 23.8 Å². The van der Waals surface area contributed by atoms with Crippen molar-refractivity contribution in [1.29, 1.82) is 0 Å². The molecule has 0 saturated heterocycles. The zero-order valence-corrected chi connectivity index (χ0v) is 10.4. The molecule has 1 heterocycles. The van der Waals surface area contributed by atoms with Crippen LogP contribution < -0.4 is 5.73 Å². The molecule has 1 aromatic rings. The van der Waals surface area contributed by atoms with E-state index in [0.717, 1.165) is 12.3 Å². The number of aromatic nitrogens is 2. The molecule has 90 valence electrons. The van der Waals surface area contributed by atoms with Crippen LogP contribution in [0, 0.1) is 12.8 Å². The zero-order chi connectivity index (χ0) is 12.0. The largest absolute Gasteiger partial charge is 0.384 e. The highest BCUT2D eigenvalue weighted by molar-refractivity contribution is 5.28. The highest BCUT2D eigenvalue weighted by Crippen LogP contribution is 2.07. The first kappa shape index (κ1) is 12.9. The summed E-state index contributed by atoms with van der Waals surface area (Å²) in [6.45, 7) is 7.47. The van der Waals surface area contributed by atoms with Gasteiger partial charge in [0.25, 0.3) is 0 Å². The lowest BCUT2D eigenvalue weighted by Crippen LogP contribution is -2.08. The number of anilines is 1. The lowest BCUT2D eigenvalue weighted by atomic mass is 10.1. The number of nitrogens with zero attached hydrogens (tertiary/aromatic N) is 2. The fourth-order valence-electron chi connectivity index (χ4n) is 1.65. The second kappa shape index (κ2) is 6.43. The second-order valence-corrected chi connectivity index (χ2v) is 4.26. The molecular weight excluding hydrogens is 202 g/mol. The number of nitrogens with two attached hydrogens (primary N) is 1. The van der Waals surface area contributed by atoms with E-state index in [1.165, 1.54) is 12.8 Å². The quantitative estimate of drug-likeness (QED) is 0.804. The Labute approximate surface area is 97.2 Å². The van der Waals surface area contributed by atoms with Crippen molar-refractivity contribution in [2.45, 2.75) is 40.2 Å². The van der Waals surface area contributed by atoms with Gasteiger partial charge in [0.1, 0.15) is 12.4 Å². The van der Waals surface area contributed by atoms with Gasteiger partial charge in [-0.05, 0) is 19.3 Å². The predicted molar refractivity (Wildman–Crippen MR) is 64.9 cm³/mol. The first-order valence-electron chi connectivity index (χ1n) is 5.79. The van der Waals surface area contributed by atoms with Crippen molar-refractivity contribution in [2.75, 3.05) is 12.3 Å². The maximum absolute atomic E-state index is 5.63. The van der Waals surface area contributed by atoms with Gasteiger partial charge >= 0.3 is 0 Å². The fourth-order valence-corrected chi connectivity index (χ4v) is 1.65. The van der Waals surface area contributed by atoms with E-state index in [4.69, 9.17) is 10.5 Å². The number of nitrogen functional groups attached to an aromatic ring is 1. The topological polar surface area (TPSA) is 61.0 Å². The van der Waals surface area contributed by atoms with Gasteiger partial charge in [0.15, 0.2) is 5.82 Å². The summed E-state index contributed by atoms with van der Waals surface area (Å²) in [7, 11) is 0. The van der Waals surface area contributed by atoms with Crippen molar-refractivity contribution < 1.29 is 4.74 Å². The van der Waals surface area contributed by atoms with Crippen LogP contribution in [0.15, 0.2) is 6.07 Å². The summed E-state index contributed by atoms with van der Waals surface area (Å²) in [5.74, 6) is 1.76. The Bertz CT molecular complexity index is 308. The van der Waals surface area contributed by atoms with Crippen molar-refractivity contribution in [3.05, 3.63) is 17.6 Å². The maximum atomic E-state index is 5.63. The molecule has 4 nitrogen and oxygen atoms in total. The van der Waals surface area contributed by atoms with E-state index in [9.17, 15) is 0 Å². The van der Waals surface area contributed by atoms with E-state index in [0.29, 0.717) is 24.2 Å². The molecule has 4 heteroatoms. The molecule has 0 aliphatic heterocycles. The first-order chi connectivity index (χ1) is 7.61. The molecule has 0 bridgehead atoms. The van der Waals surface area contributed by atoms with Crippen molar-refractivity contribution in [3.63, 3.8) is 0 Å². The lowest BCUT2D eigenvalue weighted by molar-refractivity contribution is 0.0848. The van der Waals surface area contributed by atoms with Crippen LogP contribution in [-0.2, 0) is 11.3 Å². The standard InChI is InChI=1S/C12H21N3O/c1-4-5-9(2)7-16-8-12-14-10(3)6-11(13)15-12/h6,9H,4-5,7-8H2,1-3H3,(H2,13,14,15). The minimum Gasteiger partial charge on any atom is -0.384 e. The van der Waals surface area contributed by atoms with Gasteiger partial charge < -0.3 is 10.5 Å². The van der Waals surface area contributed by atoms with Gasteiger partial charge in [-0.2, -0.15) is 0 Å². The van der Waals surface area contributed by atoms with Crippen LogP contribution in [0.2, 0.25) is 0 Å². The van der Waals surface area contributed by atoms with Gasteiger partial charge in [-0.1, -0.05) is 20.3 Å². The number of hydrogen-bond donors (Lipinski definition) is 1. The van der Waals surface area contributed by atoms with E-state index in [1.54, 1.807) is 6.07 Å². The fraction of sp³-hybridized carbons (Fsp3) is 0.667. The molecule has 1 rings (SSSR count). The van der Waals surface area contributed by atoms with Gasteiger partial charge in [0.2, 0.25) is 0 Å². The summed E-state index contributed by atoms with van der Waals surface area (Å²) in [4.78, 5) is 8.38. The van der Waals surface area contributed by atoms with Crippen molar-refractivity contribution in [3.8, 4) is 0 Å². The van der Waals surface area contributed by atoms with E-state index in [-0.39, 0.29) is 0 Å². The molecule has 1 aromatic heterocycles. The van der Waals surface area contributed by atoms with Gasteiger partial charge in [-0.15, -0.1) is 0 Å². The summed E-state index contributed by atoms with van der Waals surface area (Å²) < 4.78 is 5.56. The third kappa shape index (κ3) is 4.57. The molecular formula is C12H21N3O. The smallest absolute Gasteiger partial charge is 0.156 e. The van der Waals surface area contributed by atoms with Gasteiger partial charge in [-0.3, -0.25) is 0 Å². The van der Waals surface area contributed by atoms with E-state index >= 15 is 0 Å². The number of ether oxygens (including phenoxy) is 1. The van der Waals surface area contributed by atoms with Crippen LogP contribution in [0.5, 0.6) is 0 Å². The molecule has 0 radical (unpaired) electrons. The molecule has 1 atom stereocenters. The Hall–Kier alpha value is -1.16. The molecule has 2 N–H and O–H groups in total. The summed E-state index contributed by atoms with van der Waals surface area (Å²) in [6, 6.07) is 1.75. The van der Waals surface area contributed by atoms with Crippen LogP contribution in [0.3, 0.4) is 0 Å². The number of aryl methyl sites for hydroxylation is 1. The molecule has 0 spiro atoms. The highest BCUT2D eigenvalue weighted by Gasteiger charge is 2.03. The summed E-state index contributed by atoms with van der Waals surface area (Å²) >= 11 is 0. The predicted octanol–water partition coefficient (Wildman–Crippen LogP) is 2.32. The number of rotatable bonds is 6. The van der Waals surface area contributed by atoms with E-state index < -0.39 is 0 Å². The molecule has 0 saturated carbocycles. The van der Waals surface area contributed by atoms with Crippen molar-refractivity contribution in [1.82, 2.24) is 9.97 Å². The highest BCUT2D eigenvalue weighted by atomic mass is 16.5. The Morgan fingerprint density at radius 1 is 1.44 bits per heavy atom. The Morgan fingerprint density at radius 2 is 2.19 bits per heavy atom. The van der Waals surface area contributed by atoms with Gasteiger partial charge in [-0.25, -0.2) is 9.97 Å². The average molecular weight is 223 g/mol. The molecule has 0 amide bonds.